The first-order valence-corrected chi connectivity index (χ1v) is 4.86. The first-order chi connectivity index (χ1) is 7.54. The van der Waals surface area contributed by atoms with Crippen molar-refractivity contribution in [2.75, 3.05) is 0 Å². The molecule has 0 aliphatic carbocycles. The molecule has 0 spiro atoms. The van der Waals surface area contributed by atoms with Gasteiger partial charge in [0.05, 0.1) is 12.1 Å². The van der Waals surface area contributed by atoms with E-state index in [0.717, 1.165) is 4.42 Å². The van der Waals surface area contributed by atoms with Gasteiger partial charge in [-0.3, -0.25) is 0 Å². The summed E-state index contributed by atoms with van der Waals surface area (Å²) in [5.41, 5.74) is -0.419. The van der Waals surface area contributed by atoms with Crippen LogP contribution in [0.1, 0.15) is 23.2 Å². The SMILES string of the molecule is Fc1c(F)c(F)c2c(c1F)C1C=CC2N1Cl. The second kappa shape index (κ2) is 2.99. The molecule has 84 valence electrons. The van der Waals surface area contributed by atoms with Crippen molar-refractivity contribution in [2.45, 2.75) is 12.1 Å². The van der Waals surface area contributed by atoms with Crippen LogP contribution in [-0.4, -0.2) is 4.42 Å². The Kier molecular flexibility index (Phi) is 1.89. The molecular weight excluding hydrogens is 246 g/mol. The summed E-state index contributed by atoms with van der Waals surface area (Å²) < 4.78 is 54.1. The van der Waals surface area contributed by atoms with E-state index in [4.69, 9.17) is 11.8 Å². The van der Waals surface area contributed by atoms with Crippen LogP contribution in [0.15, 0.2) is 12.2 Å². The Labute approximate surface area is 93.0 Å². The minimum atomic E-state index is -1.79. The molecular formula is C10H4ClF4N. The van der Waals surface area contributed by atoms with Crippen LogP contribution in [-0.2, 0) is 0 Å². The van der Waals surface area contributed by atoms with Crippen molar-refractivity contribution in [2.24, 2.45) is 0 Å². The fourth-order valence-corrected chi connectivity index (χ4v) is 2.56. The number of rotatable bonds is 0. The second-order valence-electron chi connectivity index (χ2n) is 3.70. The van der Waals surface area contributed by atoms with Gasteiger partial charge in [0.1, 0.15) is 0 Å². The summed E-state index contributed by atoms with van der Waals surface area (Å²) in [6, 6.07) is -1.46. The van der Waals surface area contributed by atoms with Gasteiger partial charge in [-0.05, 0) is 11.8 Å². The lowest BCUT2D eigenvalue weighted by molar-refractivity contribution is 0.400. The third kappa shape index (κ3) is 0.954. The van der Waals surface area contributed by atoms with E-state index in [-0.39, 0.29) is 11.1 Å². The Morgan fingerprint density at radius 2 is 1.19 bits per heavy atom. The molecule has 6 heteroatoms. The van der Waals surface area contributed by atoms with Crippen LogP contribution < -0.4 is 0 Å². The zero-order valence-corrected chi connectivity index (χ0v) is 8.40. The molecule has 2 bridgehead atoms. The van der Waals surface area contributed by atoms with Gasteiger partial charge in [0, 0.05) is 11.1 Å². The molecule has 0 aromatic heterocycles. The summed E-state index contributed by atoms with van der Waals surface area (Å²) in [7, 11) is 0. The molecule has 0 amide bonds. The lowest BCUT2D eigenvalue weighted by Gasteiger charge is -2.11. The first kappa shape index (κ1) is 10.1. The van der Waals surface area contributed by atoms with Crippen LogP contribution in [0.5, 0.6) is 0 Å². The number of fused-ring (bicyclic) bond motifs is 5. The highest BCUT2D eigenvalue weighted by Gasteiger charge is 2.45. The number of halogens is 5. The topological polar surface area (TPSA) is 3.24 Å². The molecule has 0 radical (unpaired) electrons. The van der Waals surface area contributed by atoms with Crippen molar-refractivity contribution in [3.05, 3.63) is 46.5 Å². The van der Waals surface area contributed by atoms with Crippen molar-refractivity contribution in [3.63, 3.8) is 0 Å². The number of hydrogen-bond acceptors (Lipinski definition) is 1. The number of hydrogen-bond donors (Lipinski definition) is 0. The maximum Gasteiger partial charge on any atom is 0.197 e. The first-order valence-electron chi connectivity index (χ1n) is 4.52. The van der Waals surface area contributed by atoms with Crippen LogP contribution in [0.2, 0.25) is 0 Å². The molecule has 2 atom stereocenters. The van der Waals surface area contributed by atoms with Crippen LogP contribution in [0.25, 0.3) is 0 Å². The molecule has 1 aromatic rings. The van der Waals surface area contributed by atoms with Gasteiger partial charge in [-0.2, -0.15) is 4.42 Å². The normalized spacial score (nSPS) is 26.6. The predicted octanol–water partition coefficient (Wildman–Crippen LogP) is 3.36. The fourth-order valence-electron chi connectivity index (χ4n) is 2.23. The molecule has 2 aliphatic heterocycles. The van der Waals surface area contributed by atoms with Crippen molar-refractivity contribution in [1.29, 1.82) is 0 Å². The third-order valence-electron chi connectivity index (χ3n) is 2.94. The van der Waals surface area contributed by atoms with Crippen LogP contribution in [0.3, 0.4) is 0 Å². The average molecular weight is 250 g/mol. The Hall–Kier alpha value is -1.07. The smallest absolute Gasteiger partial charge is 0.197 e. The molecule has 3 rings (SSSR count). The maximum absolute atomic E-state index is 13.5. The summed E-state index contributed by atoms with van der Waals surface area (Å²) in [5, 5.41) is 0. The van der Waals surface area contributed by atoms with Crippen LogP contribution in [0.4, 0.5) is 17.6 Å². The quantitative estimate of drug-likeness (QED) is 0.224. The summed E-state index contributed by atoms with van der Waals surface area (Å²) >= 11 is 5.78. The van der Waals surface area contributed by atoms with Gasteiger partial charge in [0.2, 0.25) is 0 Å². The summed E-state index contributed by atoms with van der Waals surface area (Å²) in [4.78, 5) is 0. The van der Waals surface area contributed by atoms with Gasteiger partial charge in [0.15, 0.2) is 23.3 Å². The number of nitrogens with zero attached hydrogens (tertiary/aromatic N) is 1. The van der Waals surface area contributed by atoms with Crippen molar-refractivity contribution >= 4 is 11.8 Å². The zero-order valence-electron chi connectivity index (χ0n) is 7.65. The summed E-state index contributed by atoms with van der Waals surface area (Å²) in [6.45, 7) is 0. The fraction of sp³-hybridized carbons (Fsp3) is 0.200. The molecule has 0 saturated heterocycles. The molecule has 1 aromatic carbocycles. The molecule has 2 aliphatic rings. The Bertz CT molecular complexity index is 483. The van der Waals surface area contributed by atoms with E-state index in [1.807, 2.05) is 0 Å². The van der Waals surface area contributed by atoms with Crippen molar-refractivity contribution in [1.82, 2.24) is 4.42 Å². The molecule has 0 fully saturated rings. The predicted molar refractivity (Wildman–Crippen MR) is 48.6 cm³/mol. The van der Waals surface area contributed by atoms with Crippen LogP contribution >= 0.6 is 11.8 Å². The van der Waals surface area contributed by atoms with Gasteiger partial charge < -0.3 is 0 Å². The van der Waals surface area contributed by atoms with E-state index in [9.17, 15) is 17.6 Å². The van der Waals surface area contributed by atoms with Gasteiger partial charge >= 0.3 is 0 Å². The van der Waals surface area contributed by atoms with E-state index < -0.39 is 35.4 Å². The monoisotopic (exact) mass is 249 g/mol. The molecule has 0 saturated carbocycles. The van der Waals surface area contributed by atoms with E-state index in [2.05, 4.69) is 0 Å². The van der Waals surface area contributed by atoms with Crippen molar-refractivity contribution < 1.29 is 17.6 Å². The van der Waals surface area contributed by atoms with E-state index in [1.54, 1.807) is 0 Å². The second-order valence-corrected chi connectivity index (χ2v) is 4.09. The number of benzene rings is 1. The zero-order chi connectivity index (χ0) is 11.6. The van der Waals surface area contributed by atoms with E-state index >= 15 is 0 Å². The third-order valence-corrected chi connectivity index (χ3v) is 3.36. The van der Waals surface area contributed by atoms with Gasteiger partial charge in [-0.1, -0.05) is 12.2 Å². The molecule has 0 N–H and O–H groups in total. The Balaban J connectivity index is 2.37. The van der Waals surface area contributed by atoms with Crippen LogP contribution in [0, 0.1) is 23.3 Å². The maximum atomic E-state index is 13.5. The van der Waals surface area contributed by atoms with E-state index in [0.29, 0.717) is 0 Å². The highest BCUT2D eigenvalue weighted by molar-refractivity contribution is 6.14. The summed E-state index contributed by atoms with van der Waals surface area (Å²) in [5.74, 6) is -6.31. The highest BCUT2D eigenvalue weighted by Crippen LogP contribution is 2.52. The van der Waals surface area contributed by atoms with E-state index in [1.165, 1.54) is 12.2 Å². The largest absolute Gasteiger partial charge is 0.203 e. The molecule has 16 heavy (non-hydrogen) atoms. The lowest BCUT2D eigenvalue weighted by Crippen LogP contribution is -2.07. The molecule has 2 heterocycles. The summed E-state index contributed by atoms with van der Waals surface area (Å²) in [6.07, 6.45) is 3.06. The molecule has 1 nitrogen and oxygen atoms in total. The average Bonchev–Trinajstić information content (AvgIpc) is 2.77. The molecule has 2 unspecified atom stereocenters. The lowest BCUT2D eigenvalue weighted by atomic mass is 9.95. The highest BCUT2D eigenvalue weighted by atomic mass is 35.5. The van der Waals surface area contributed by atoms with Gasteiger partial charge in [0.25, 0.3) is 0 Å². The minimum Gasteiger partial charge on any atom is -0.203 e. The standard InChI is InChI=1S/C10H4ClF4N/c11-16-3-1-2-4(16)6-5(3)7(12)9(14)10(15)8(6)13/h1-4H. The minimum absolute atomic E-state index is 0.209. The Morgan fingerprint density at radius 1 is 0.812 bits per heavy atom. The Morgan fingerprint density at radius 3 is 1.56 bits per heavy atom. The van der Waals surface area contributed by atoms with Crippen molar-refractivity contribution in [3.8, 4) is 0 Å². The van der Waals surface area contributed by atoms with Gasteiger partial charge in [-0.25, -0.2) is 17.6 Å². The van der Waals surface area contributed by atoms with Gasteiger partial charge in [-0.15, -0.1) is 0 Å².